The minimum Gasteiger partial charge on any atom is -0.441 e. The summed E-state index contributed by atoms with van der Waals surface area (Å²) in [7, 11) is 0. The van der Waals surface area contributed by atoms with Crippen molar-refractivity contribution in [3.63, 3.8) is 0 Å². The molecule has 0 aliphatic carbocycles. The van der Waals surface area contributed by atoms with Gasteiger partial charge in [-0.2, -0.15) is 5.10 Å². The standard InChI is InChI=1S/C17H13FN6O2/c18-10-2-1-5-24-13(10)8-12(22-24)15-14-11(20-9-21-14)3-6-23(15)17(25)16-19-4-7-26-16/h1-2,4-5,7-9,15H,3,6H2,(H,20,21). The van der Waals surface area contributed by atoms with Crippen LogP contribution >= 0.6 is 0 Å². The first-order valence-electron chi connectivity index (χ1n) is 8.09. The van der Waals surface area contributed by atoms with Gasteiger partial charge in [0.15, 0.2) is 0 Å². The smallest absolute Gasteiger partial charge is 0.310 e. The van der Waals surface area contributed by atoms with Gasteiger partial charge < -0.3 is 14.3 Å². The predicted molar refractivity (Wildman–Crippen MR) is 86.8 cm³/mol. The molecule has 0 saturated heterocycles. The number of carbonyl (C=O) groups excluding carboxylic acids is 1. The number of fused-ring (bicyclic) bond motifs is 2. The average Bonchev–Trinajstić information content (AvgIpc) is 3.39. The summed E-state index contributed by atoms with van der Waals surface area (Å²) >= 11 is 0. The summed E-state index contributed by atoms with van der Waals surface area (Å²) in [5.41, 5.74) is 2.50. The number of aromatic nitrogens is 5. The zero-order valence-corrected chi connectivity index (χ0v) is 13.5. The molecule has 130 valence electrons. The number of H-pyrrole nitrogens is 1. The molecule has 5 rings (SSSR count). The van der Waals surface area contributed by atoms with Gasteiger partial charge in [0, 0.05) is 24.9 Å². The first-order chi connectivity index (χ1) is 12.7. The highest BCUT2D eigenvalue weighted by molar-refractivity contribution is 5.90. The van der Waals surface area contributed by atoms with E-state index in [0.717, 1.165) is 5.69 Å². The molecule has 0 bridgehead atoms. The fraction of sp³-hybridized carbons (Fsp3) is 0.176. The summed E-state index contributed by atoms with van der Waals surface area (Å²) in [5.74, 6) is -0.731. The fourth-order valence-electron chi connectivity index (χ4n) is 3.38. The number of hydrogen-bond acceptors (Lipinski definition) is 5. The highest BCUT2D eigenvalue weighted by atomic mass is 19.1. The molecule has 1 amide bonds. The molecule has 1 N–H and O–H groups in total. The maximum absolute atomic E-state index is 14.1. The number of nitrogens with one attached hydrogen (secondary N) is 1. The monoisotopic (exact) mass is 352 g/mol. The molecule has 4 aromatic heterocycles. The molecule has 1 unspecified atom stereocenters. The first kappa shape index (κ1) is 14.8. The maximum Gasteiger partial charge on any atom is 0.310 e. The third kappa shape index (κ3) is 2.13. The van der Waals surface area contributed by atoms with Crippen molar-refractivity contribution in [2.24, 2.45) is 0 Å². The number of aromatic amines is 1. The third-order valence-corrected chi connectivity index (χ3v) is 4.55. The number of oxazole rings is 1. The minimum absolute atomic E-state index is 0.00364. The zero-order chi connectivity index (χ0) is 17.7. The van der Waals surface area contributed by atoms with E-state index in [4.69, 9.17) is 4.42 Å². The van der Waals surface area contributed by atoms with Crippen molar-refractivity contribution in [1.82, 2.24) is 29.5 Å². The Morgan fingerprint density at radius 1 is 1.38 bits per heavy atom. The Hall–Kier alpha value is -3.49. The third-order valence-electron chi connectivity index (χ3n) is 4.55. The van der Waals surface area contributed by atoms with Crippen LogP contribution in [0.25, 0.3) is 5.52 Å². The van der Waals surface area contributed by atoms with Gasteiger partial charge in [-0.15, -0.1) is 0 Å². The van der Waals surface area contributed by atoms with Gasteiger partial charge in [-0.3, -0.25) is 4.79 Å². The van der Waals surface area contributed by atoms with Crippen molar-refractivity contribution in [3.8, 4) is 0 Å². The van der Waals surface area contributed by atoms with Crippen molar-refractivity contribution in [2.45, 2.75) is 12.5 Å². The van der Waals surface area contributed by atoms with Crippen LogP contribution in [0.15, 0.2) is 47.6 Å². The van der Waals surface area contributed by atoms with Crippen LogP contribution in [0.1, 0.15) is 33.8 Å². The quantitative estimate of drug-likeness (QED) is 0.595. The second-order valence-corrected chi connectivity index (χ2v) is 6.01. The Labute approximate surface area is 146 Å². The van der Waals surface area contributed by atoms with Crippen LogP contribution < -0.4 is 0 Å². The van der Waals surface area contributed by atoms with Gasteiger partial charge in [0.1, 0.15) is 23.6 Å². The molecule has 1 atom stereocenters. The summed E-state index contributed by atoms with van der Waals surface area (Å²) in [6, 6.07) is 4.04. The second-order valence-electron chi connectivity index (χ2n) is 6.01. The number of imidazole rings is 1. The summed E-state index contributed by atoms with van der Waals surface area (Å²) in [6.07, 6.45) is 6.66. The van der Waals surface area contributed by atoms with Gasteiger partial charge in [0.25, 0.3) is 5.89 Å². The number of carbonyl (C=O) groups is 1. The van der Waals surface area contributed by atoms with E-state index in [1.54, 1.807) is 29.6 Å². The maximum atomic E-state index is 14.1. The van der Waals surface area contributed by atoms with Crippen molar-refractivity contribution in [2.75, 3.05) is 6.54 Å². The molecule has 1 aliphatic heterocycles. The molecule has 1 aliphatic rings. The van der Waals surface area contributed by atoms with Gasteiger partial charge in [-0.1, -0.05) is 0 Å². The van der Waals surface area contributed by atoms with Gasteiger partial charge >= 0.3 is 5.91 Å². The predicted octanol–water partition coefficient (Wildman–Crippen LogP) is 1.97. The van der Waals surface area contributed by atoms with Gasteiger partial charge in [-0.05, 0) is 18.2 Å². The minimum atomic E-state index is -0.552. The number of halogens is 1. The Morgan fingerprint density at radius 2 is 2.31 bits per heavy atom. The van der Waals surface area contributed by atoms with Crippen LogP contribution in [0, 0.1) is 5.82 Å². The van der Waals surface area contributed by atoms with E-state index in [9.17, 15) is 9.18 Å². The molecule has 26 heavy (non-hydrogen) atoms. The number of rotatable bonds is 2. The van der Waals surface area contributed by atoms with Crippen LogP contribution in [0.4, 0.5) is 4.39 Å². The average molecular weight is 352 g/mol. The second kappa shape index (κ2) is 5.51. The van der Waals surface area contributed by atoms with E-state index in [1.165, 1.54) is 23.0 Å². The van der Waals surface area contributed by atoms with E-state index < -0.39 is 6.04 Å². The Kier molecular flexibility index (Phi) is 3.14. The molecule has 9 heteroatoms. The normalized spacial score (nSPS) is 16.8. The lowest BCUT2D eigenvalue weighted by Gasteiger charge is -2.32. The number of nitrogens with zero attached hydrogens (tertiary/aromatic N) is 5. The van der Waals surface area contributed by atoms with Gasteiger partial charge in [0.2, 0.25) is 0 Å². The Morgan fingerprint density at radius 3 is 3.12 bits per heavy atom. The fourth-order valence-corrected chi connectivity index (χ4v) is 3.38. The van der Waals surface area contributed by atoms with Crippen LogP contribution in [0.2, 0.25) is 0 Å². The SMILES string of the molecule is O=C(c1ncco1)N1CCc2[nH]cnc2C1c1cc2c(F)cccn2n1. The molecule has 0 fully saturated rings. The highest BCUT2D eigenvalue weighted by Crippen LogP contribution is 2.34. The molecular weight excluding hydrogens is 339 g/mol. The van der Waals surface area contributed by atoms with Crippen molar-refractivity contribution >= 4 is 11.4 Å². The summed E-state index contributed by atoms with van der Waals surface area (Å²) in [5, 5.41) is 4.47. The van der Waals surface area contributed by atoms with Crippen LogP contribution in [0.3, 0.4) is 0 Å². The van der Waals surface area contributed by atoms with E-state index in [2.05, 4.69) is 20.1 Å². The highest BCUT2D eigenvalue weighted by Gasteiger charge is 2.37. The van der Waals surface area contributed by atoms with Crippen molar-refractivity contribution in [1.29, 1.82) is 0 Å². The van der Waals surface area contributed by atoms with Crippen LogP contribution in [0.5, 0.6) is 0 Å². The van der Waals surface area contributed by atoms with E-state index >= 15 is 0 Å². The van der Waals surface area contributed by atoms with Crippen LogP contribution in [-0.2, 0) is 6.42 Å². The molecular formula is C17H13FN6O2. The zero-order valence-electron chi connectivity index (χ0n) is 13.5. The number of pyridine rings is 1. The first-order valence-corrected chi connectivity index (χ1v) is 8.09. The topological polar surface area (TPSA) is 92.3 Å². The molecule has 0 spiro atoms. The van der Waals surface area contributed by atoms with Crippen molar-refractivity contribution in [3.05, 3.63) is 72.0 Å². The molecule has 5 heterocycles. The molecule has 4 aromatic rings. The number of amides is 1. The lowest BCUT2D eigenvalue weighted by molar-refractivity contribution is 0.0646. The van der Waals surface area contributed by atoms with Crippen LogP contribution in [-0.4, -0.2) is 41.9 Å². The van der Waals surface area contributed by atoms with Gasteiger partial charge in [0.05, 0.1) is 23.9 Å². The summed E-state index contributed by atoms with van der Waals surface area (Å²) in [4.78, 5) is 25.9. The van der Waals surface area contributed by atoms with E-state index in [-0.39, 0.29) is 17.6 Å². The van der Waals surface area contributed by atoms with Crippen molar-refractivity contribution < 1.29 is 13.6 Å². The van der Waals surface area contributed by atoms with Gasteiger partial charge in [-0.25, -0.2) is 18.9 Å². The molecule has 0 saturated carbocycles. The molecule has 0 aromatic carbocycles. The summed E-state index contributed by atoms with van der Waals surface area (Å²) < 4.78 is 20.7. The lowest BCUT2D eigenvalue weighted by atomic mass is 9.99. The van der Waals surface area contributed by atoms with E-state index in [0.29, 0.717) is 29.9 Å². The number of hydrogen-bond donors (Lipinski definition) is 1. The lowest BCUT2D eigenvalue weighted by Crippen LogP contribution is -2.41. The molecule has 8 nitrogen and oxygen atoms in total. The largest absolute Gasteiger partial charge is 0.441 e. The van der Waals surface area contributed by atoms with E-state index in [1.807, 2.05) is 0 Å². The Balaban J connectivity index is 1.66. The summed E-state index contributed by atoms with van der Waals surface area (Å²) in [6.45, 7) is 0.442. The Bertz CT molecular complexity index is 1100. The molecule has 0 radical (unpaired) electrons.